The van der Waals surface area contributed by atoms with Crippen molar-refractivity contribution in [2.45, 2.75) is 189 Å². The number of hydrogen-bond donors (Lipinski definition) is 0. The first-order chi connectivity index (χ1) is 25.5. The zero-order valence-corrected chi connectivity index (χ0v) is 45.1. The molecule has 0 spiro atoms. The van der Waals surface area contributed by atoms with Gasteiger partial charge in [-0.25, -0.2) is 0 Å². The number of rotatable bonds is 11. The fourth-order valence-electron chi connectivity index (χ4n) is 8.39. The van der Waals surface area contributed by atoms with Crippen LogP contribution in [0.1, 0.15) is 156 Å². The molecule has 302 valence electrons. The third-order valence-corrected chi connectivity index (χ3v) is 29.4. The molecule has 6 heteroatoms. The van der Waals surface area contributed by atoms with Crippen molar-refractivity contribution < 1.29 is 0 Å². The van der Waals surface area contributed by atoms with Gasteiger partial charge in [0.15, 0.2) is 0 Å². The fraction of sp³-hybridized carbons (Fsp3) is 0.592. The summed E-state index contributed by atoms with van der Waals surface area (Å²) < 4.78 is 1.37. The molecular formula is C49H75IS2Si3. The van der Waals surface area contributed by atoms with Crippen LogP contribution in [0.25, 0.3) is 0 Å². The van der Waals surface area contributed by atoms with Crippen LogP contribution in [0, 0.1) is 46.6 Å². The van der Waals surface area contributed by atoms with E-state index in [1.165, 1.54) is 34.0 Å². The van der Waals surface area contributed by atoms with E-state index < -0.39 is 24.2 Å². The monoisotopic (exact) mass is 938 g/mol. The van der Waals surface area contributed by atoms with E-state index >= 15 is 0 Å². The van der Waals surface area contributed by atoms with Gasteiger partial charge in [-0.05, 0) is 112 Å². The molecule has 0 saturated heterocycles. The molecule has 0 radical (unpaired) electrons. The van der Waals surface area contributed by atoms with E-state index in [0.717, 1.165) is 25.9 Å². The van der Waals surface area contributed by atoms with E-state index in [2.05, 4.69) is 224 Å². The molecule has 0 aliphatic carbocycles. The standard InChI is InChI=1S/C26H42SSi2.C23H33ISSi/c1-12-13-26(28(9,10)11)23(8)14-15-24-16-17-25(27-24)18-19-29(20(2)3,21(4)5)22(6)7;1-9-10-23(24)20(8)11-12-21-13-14-22(25-21)15-16-26(17(2)3,18(4)5)19(6)7/h16-17,20-22H,12-13H2,1-11H3;13-14,17-19H,9-10H2,1-8H3/b26-23+;23-20+. The third kappa shape index (κ3) is 15.0. The van der Waals surface area contributed by atoms with Gasteiger partial charge in [0.05, 0.1) is 27.6 Å². The Bertz CT molecular complexity index is 1800. The zero-order valence-electron chi connectivity index (χ0n) is 38.3. The molecule has 0 aliphatic rings. The second-order valence-corrected chi connectivity index (χ2v) is 37.7. The molecule has 0 nitrogen and oxygen atoms in total. The largest absolute Gasteiger partial charge is 0.146 e. The maximum atomic E-state index is 3.83. The summed E-state index contributed by atoms with van der Waals surface area (Å²) in [7, 11) is -4.64. The first-order valence-corrected chi connectivity index (χ1v) is 31.5. The Morgan fingerprint density at radius 3 is 1.13 bits per heavy atom. The van der Waals surface area contributed by atoms with Gasteiger partial charge < -0.3 is 0 Å². The number of halogens is 1. The Morgan fingerprint density at radius 2 is 0.836 bits per heavy atom. The van der Waals surface area contributed by atoms with Gasteiger partial charge in [0.25, 0.3) is 0 Å². The van der Waals surface area contributed by atoms with Gasteiger partial charge in [-0.3, -0.25) is 0 Å². The van der Waals surface area contributed by atoms with Crippen LogP contribution in [-0.4, -0.2) is 24.2 Å². The predicted octanol–water partition coefficient (Wildman–Crippen LogP) is 16.8. The number of hydrogen-bond acceptors (Lipinski definition) is 2. The SMILES string of the molecule is CCC/C(=C(/C)C#Cc1ccc(C#C[Si](C(C)C)(C(C)C)C(C)C)s1)[Si](C)(C)C.CCC/C(I)=C(/C)C#Cc1ccc(C#C[Si](C(C)C)(C(C)C)C(C)C)s1. The molecule has 0 atom stereocenters. The average Bonchev–Trinajstić information content (AvgIpc) is 3.74. The third-order valence-electron chi connectivity index (χ3n) is 11.2. The second-order valence-electron chi connectivity index (χ2n) is 18.0. The van der Waals surface area contributed by atoms with Crippen LogP contribution >= 0.6 is 45.3 Å². The Balaban J connectivity index is 0.000000553. The van der Waals surface area contributed by atoms with Gasteiger partial charge in [-0.2, -0.15) is 0 Å². The van der Waals surface area contributed by atoms with Crippen molar-refractivity contribution in [2.75, 3.05) is 0 Å². The highest BCUT2D eigenvalue weighted by atomic mass is 127. The van der Waals surface area contributed by atoms with Crippen LogP contribution in [-0.2, 0) is 0 Å². The predicted molar refractivity (Wildman–Crippen MR) is 271 cm³/mol. The smallest absolute Gasteiger partial charge is 0.124 e. The maximum Gasteiger partial charge on any atom is 0.146 e. The molecule has 0 bridgehead atoms. The van der Waals surface area contributed by atoms with E-state index in [1.807, 2.05) is 0 Å². The van der Waals surface area contributed by atoms with E-state index in [0.29, 0.717) is 33.2 Å². The molecule has 2 aromatic heterocycles. The lowest BCUT2D eigenvalue weighted by molar-refractivity contribution is 0.838. The summed E-state index contributed by atoms with van der Waals surface area (Å²) in [5.74, 6) is 20.6. The normalized spacial score (nSPS) is 12.9. The average molecular weight is 939 g/mol. The van der Waals surface area contributed by atoms with Crippen molar-refractivity contribution in [3.05, 3.63) is 63.7 Å². The summed E-state index contributed by atoms with van der Waals surface area (Å²) in [5, 5.41) is 1.62. The highest BCUT2D eigenvalue weighted by molar-refractivity contribution is 14.1. The molecule has 0 aliphatic heterocycles. The summed E-state index contributed by atoms with van der Waals surface area (Å²) >= 11 is 5.89. The molecule has 0 fully saturated rings. The van der Waals surface area contributed by atoms with Crippen LogP contribution in [0.2, 0.25) is 52.9 Å². The minimum atomic E-state index is -1.68. The summed E-state index contributed by atoms with van der Waals surface area (Å²) in [6.45, 7) is 44.5. The molecular weight excluding hydrogens is 864 g/mol. The highest BCUT2D eigenvalue weighted by Gasteiger charge is 2.42. The van der Waals surface area contributed by atoms with E-state index in [4.69, 9.17) is 0 Å². The lowest BCUT2D eigenvalue weighted by atomic mass is 10.2. The molecule has 0 N–H and O–H groups in total. The summed E-state index contributed by atoms with van der Waals surface area (Å²) in [6.07, 6.45) is 4.67. The van der Waals surface area contributed by atoms with Crippen molar-refractivity contribution in [1.29, 1.82) is 0 Å². The molecule has 0 saturated carbocycles. The fourth-order valence-corrected chi connectivity index (χ4v) is 23.3. The van der Waals surface area contributed by atoms with Crippen LogP contribution in [0.5, 0.6) is 0 Å². The molecule has 0 unspecified atom stereocenters. The molecule has 2 heterocycles. The van der Waals surface area contributed by atoms with E-state index in [-0.39, 0.29) is 0 Å². The van der Waals surface area contributed by atoms with Crippen LogP contribution in [0.4, 0.5) is 0 Å². The summed E-state index contributed by atoms with van der Waals surface area (Å²) in [5.41, 5.74) is 14.1. The molecule has 0 aromatic carbocycles. The van der Waals surface area contributed by atoms with E-state index in [1.54, 1.807) is 27.9 Å². The Hall–Kier alpha value is -1.50. The van der Waals surface area contributed by atoms with E-state index in [9.17, 15) is 0 Å². The summed E-state index contributed by atoms with van der Waals surface area (Å²) in [4.78, 5) is 4.55. The van der Waals surface area contributed by atoms with Crippen LogP contribution < -0.4 is 0 Å². The Kier molecular flexibility index (Phi) is 22.3. The molecule has 2 aromatic rings. The number of thiophene rings is 2. The minimum absolute atomic E-state index is 0.667. The number of allylic oxidation sites excluding steroid dienone is 4. The maximum absolute atomic E-state index is 3.83. The van der Waals surface area contributed by atoms with Crippen molar-refractivity contribution in [2.24, 2.45) is 0 Å². The first-order valence-electron chi connectivity index (χ1n) is 20.9. The van der Waals surface area contributed by atoms with Gasteiger partial charge in [0, 0.05) is 9.15 Å². The van der Waals surface area contributed by atoms with Gasteiger partial charge >= 0.3 is 0 Å². The lowest BCUT2D eigenvalue weighted by Crippen LogP contribution is -2.43. The van der Waals surface area contributed by atoms with Gasteiger partial charge in [0.2, 0.25) is 0 Å². The molecule has 2 rings (SSSR count). The molecule has 55 heavy (non-hydrogen) atoms. The first kappa shape index (κ1) is 51.5. The quantitative estimate of drug-likeness (QED) is 0.120. The topological polar surface area (TPSA) is 0 Å². The molecule has 0 amide bonds. The van der Waals surface area contributed by atoms with Gasteiger partial charge in [-0.15, -0.1) is 33.8 Å². The van der Waals surface area contributed by atoms with Crippen LogP contribution in [0.15, 0.2) is 44.2 Å². The zero-order chi connectivity index (χ0) is 42.3. The Morgan fingerprint density at radius 1 is 0.527 bits per heavy atom. The van der Waals surface area contributed by atoms with Crippen molar-refractivity contribution in [1.82, 2.24) is 0 Å². The van der Waals surface area contributed by atoms with Crippen molar-refractivity contribution >= 4 is 69.5 Å². The van der Waals surface area contributed by atoms with Crippen molar-refractivity contribution in [3.8, 4) is 46.6 Å². The van der Waals surface area contributed by atoms with Crippen LogP contribution in [0.3, 0.4) is 0 Å². The van der Waals surface area contributed by atoms with Gasteiger partial charge in [0.1, 0.15) is 16.1 Å². The minimum Gasteiger partial charge on any atom is -0.124 e. The Labute approximate surface area is 366 Å². The van der Waals surface area contributed by atoms with Crippen molar-refractivity contribution in [3.63, 3.8) is 0 Å². The summed E-state index contributed by atoms with van der Waals surface area (Å²) in [6, 6.07) is 8.56. The highest BCUT2D eigenvalue weighted by Crippen LogP contribution is 2.42. The lowest BCUT2D eigenvalue weighted by Gasteiger charge is -2.38. The second kappa shape index (κ2) is 23.8. The van der Waals surface area contributed by atoms with Gasteiger partial charge in [-0.1, -0.05) is 170 Å².